The van der Waals surface area contributed by atoms with Crippen LogP contribution in [0.25, 0.3) is 16.7 Å². The van der Waals surface area contributed by atoms with Gasteiger partial charge in [0.1, 0.15) is 5.65 Å². The van der Waals surface area contributed by atoms with E-state index in [0.717, 1.165) is 17.7 Å². The summed E-state index contributed by atoms with van der Waals surface area (Å²) in [6.07, 6.45) is 0.812. The zero-order valence-electron chi connectivity index (χ0n) is 12.6. The van der Waals surface area contributed by atoms with Gasteiger partial charge in [0.25, 0.3) is 0 Å². The highest BCUT2D eigenvalue weighted by molar-refractivity contribution is 7.84. The number of nitrogens with zero attached hydrogens (tertiary/aromatic N) is 3. The van der Waals surface area contributed by atoms with Crippen LogP contribution in [0.2, 0.25) is 0 Å². The van der Waals surface area contributed by atoms with E-state index < -0.39 is 22.5 Å². The van der Waals surface area contributed by atoms with Gasteiger partial charge in [-0.2, -0.15) is 13.2 Å². The highest BCUT2D eigenvalue weighted by atomic mass is 32.2. The standard InChI is InChI=1S/C16H11F3N4OS/c17-16(18,19)11-3-4-12-13(8-11)22-15(21-12)25(24)9-10-2-1-6-23-7-5-20-14(10)23/h1-8H,9H2,(H,21,22). The number of hydrogen-bond acceptors (Lipinski definition) is 3. The van der Waals surface area contributed by atoms with E-state index in [1.165, 1.54) is 6.07 Å². The van der Waals surface area contributed by atoms with Crippen LogP contribution in [0.3, 0.4) is 0 Å². The molecule has 1 N–H and O–H groups in total. The number of hydrogen-bond donors (Lipinski definition) is 1. The second-order valence-electron chi connectivity index (χ2n) is 5.45. The number of benzene rings is 1. The summed E-state index contributed by atoms with van der Waals surface area (Å²) in [6, 6.07) is 6.82. The maximum absolute atomic E-state index is 12.8. The minimum absolute atomic E-state index is 0.142. The number of H-pyrrole nitrogens is 1. The molecule has 4 rings (SSSR count). The normalized spacial score (nSPS) is 13.6. The molecule has 0 saturated heterocycles. The van der Waals surface area contributed by atoms with Crippen LogP contribution in [0.1, 0.15) is 11.1 Å². The average Bonchev–Trinajstić information content (AvgIpc) is 3.20. The zero-order chi connectivity index (χ0) is 17.6. The van der Waals surface area contributed by atoms with Gasteiger partial charge in [0.2, 0.25) is 0 Å². The SMILES string of the molecule is O=S(Cc1cccn2ccnc12)c1nc2ccc(C(F)(F)F)cc2[nH]1. The summed E-state index contributed by atoms with van der Waals surface area (Å²) >= 11 is 0. The number of halogens is 3. The Morgan fingerprint density at radius 2 is 2.04 bits per heavy atom. The van der Waals surface area contributed by atoms with Crippen LogP contribution >= 0.6 is 0 Å². The van der Waals surface area contributed by atoms with Crippen LogP contribution in [0.5, 0.6) is 0 Å². The lowest BCUT2D eigenvalue weighted by Gasteiger charge is -2.05. The molecule has 0 aliphatic heterocycles. The van der Waals surface area contributed by atoms with Crippen molar-refractivity contribution in [2.45, 2.75) is 17.1 Å². The van der Waals surface area contributed by atoms with Crippen LogP contribution in [0.15, 0.2) is 54.1 Å². The largest absolute Gasteiger partial charge is 0.416 e. The van der Waals surface area contributed by atoms with E-state index in [9.17, 15) is 17.4 Å². The lowest BCUT2D eigenvalue weighted by Crippen LogP contribution is -2.04. The van der Waals surface area contributed by atoms with Crippen molar-refractivity contribution in [3.63, 3.8) is 0 Å². The maximum atomic E-state index is 12.8. The van der Waals surface area contributed by atoms with Crippen LogP contribution in [0, 0.1) is 0 Å². The lowest BCUT2D eigenvalue weighted by molar-refractivity contribution is -0.137. The van der Waals surface area contributed by atoms with E-state index in [-0.39, 0.29) is 16.4 Å². The molecule has 0 spiro atoms. The van der Waals surface area contributed by atoms with E-state index in [1.807, 2.05) is 18.3 Å². The lowest BCUT2D eigenvalue weighted by atomic mass is 10.2. The van der Waals surface area contributed by atoms with Gasteiger partial charge in [0.05, 0.1) is 33.1 Å². The van der Waals surface area contributed by atoms with E-state index in [0.29, 0.717) is 11.2 Å². The Balaban J connectivity index is 1.67. The van der Waals surface area contributed by atoms with E-state index in [2.05, 4.69) is 15.0 Å². The Kier molecular flexibility index (Phi) is 3.60. The van der Waals surface area contributed by atoms with Crippen molar-refractivity contribution in [3.8, 4) is 0 Å². The van der Waals surface area contributed by atoms with Gasteiger partial charge in [-0.1, -0.05) is 6.07 Å². The first-order chi connectivity index (χ1) is 11.9. The third-order valence-corrected chi connectivity index (χ3v) is 4.99. The molecule has 9 heteroatoms. The number of nitrogens with one attached hydrogen (secondary N) is 1. The maximum Gasteiger partial charge on any atom is 0.416 e. The molecule has 25 heavy (non-hydrogen) atoms. The van der Waals surface area contributed by atoms with E-state index in [4.69, 9.17) is 0 Å². The van der Waals surface area contributed by atoms with Crippen molar-refractivity contribution in [1.82, 2.24) is 19.4 Å². The first-order valence-electron chi connectivity index (χ1n) is 7.28. The Hall–Kier alpha value is -2.68. The average molecular weight is 364 g/mol. The first-order valence-corrected chi connectivity index (χ1v) is 8.59. The van der Waals surface area contributed by atoms with Gasteiger partial charge in [-0.15, -0.1) is 0 Å². The Morgan fingerprint density at radius 1 is 1.20 bits per heavy atom. The molecule has 0 fully saturated rings. The third-order valence-electron chi connectivity index (χ3n) is 3.79. The van der Waals surface area contributed by atoms with Gasteiger partial charge in [-0.05, 0) is 24.3 Å². The number of pyridine rings is 1. The summed E-state index contributed by atoms with van der Waals surface area (Å²) in [5.41, 5.74) is 1.23. The second-order valence-corrected chi connectivity index (χ2v) is 6.82. The quantitative estimate of drug-likeness (QED) is 0.605. The molecule has 0 radical (unpaired) electrons. The smallest absolute Gasteiger partial charge is 0.331 e. The van der Waals surface area contributed by atoms with Crippen molar-refractivity contribution in [1.29, 1.82) is 0 Å². The van der Waals surface area contributed by atoms with Crippen LogP contribution < -0.4 is 0 Å². The number of rotatable bonds is 3. The summed E-state index contributed by atoms with van der Waals surface area (Å²) in [4.78, 5) is 11.1. The number of aromatic amines is 1. The molecule has 1 atom stereocenters. The third kappa shape index (κ3) is 2.91. The highest BCUT2D eigenvalue weighted by Gasteiger charge is 2.30. The fourth-order valence-electron chi connectivity index (χ4n) is 2.60. The zero-order valence-corrected chi connectivity index (χ0v) is 13.4. The summed E-state index contributed by atoms with van der Waals surface area (Å²) in [5.74, 6) is 0.160. The van der Waals surface area contributed by atoms with Gasteiger partial charge in [-0.3, -0.25) is 4.21 Å². The van der Waals surface area contributed by atoms with E-state index in [1.54, 1.807) is 16.8 Å². The summed E-state index contributed by atoms with van der Waals surface area (Å²) in [6.45, 7) is 0. The highest BCUT2D eigenvalue weighted by Crippen LogP contribution is 2.31. The molecular formula is C16H11F3N4OS. The summed E-state index contributed by atoms with van der Waals surface area (Å²) in [5, 5.41) is 0.142. The fraction of sp³-hybridized carbons (Fsp3) is 0.125. The molecule has 0 saturated carbocycles. The van der Waals surface area contributed by atoms with Crippen LogP contribution in [0.4, 0.5) is 13.2 Å². The number of fused-ring (bicyclic) bond motifs is 2. The van der Waals surface area contributed by atoms with Gasteiger partial charge < -0.3 is 9.38 Å². The molecular weight excluding hydrogens is 353 g/mol. The van der Waals surface area contributed by atoms with Gasteiger partial charge >= 0.3 is 6.18 Å². The molecule has 4 aromatic rings. The molecule has 0 aliphatic carbocycles. The van der Waals surface area contributed by atoms with Crippen LogP contribution in [-0.4, -0.2) is 23.6 Å². The fourth-order valence-corrected chi connectivity index (χ4v) is 3.67. The molecule has 5 nitrogen and oxygen atoms in total. The molecule has 0 aliphatic rings. The molecule has 3 heterocycles. The predicted octanol–water partition coefficient (Wildman–Crippen LogP) is 3.54. The molecule has 3 aromatic heterocycles. The predicted molar refractivity (Wildman–Crippen MR) is 86.4 cm³/mol. The minimum Gasteiger partial charge on any atom is -0.331 e. The van der Waals surface area contributed by atoms with Gasteiger partial charge in [0.15, 0.2) is 5.16 Å². The van der Waals surface area contributed by atoms with Gasteiger partial charge in [-0.25, -0.2) is 9.97 Å². The Bertz CT molecular complexity index is 1100. The van der Waals surface area contributed by atoms with Crippen molar-refractivity contribution in [2.75, 3.05) is 0 Å². The number of alkyl halides is 3. The molecule has 1 unspecified atom stereocenters. The first kappa shape index (κ1) is 15.8. The Labute approximate surface area is 142 Å². The van der Waals surface area contributed by atoms with Crippen molar-refractivity contribution in [2.24, 2.45) is 0 Å². The topological polar surface area (TPSA) is 63.1 Å². The van der Waals surface area contributed by atoms with Gasteiger partial charge in [0, 0.05) is 24.2 Å². The molecule has 0 bridgehead atoms. The van der Waals surface area contributed by atoms with Crippen molar-refractivity contribution >= 4 is 27.5 Å². The Morgan fingerprint density at radius 3 is 2.84 bits per heavy atom. The van der Waals surface area contributed by atoms with Crippen LogP contribution in [-0.2, 0) is 22.7 Å². The second kappa shape index (κ2) is 5.69. The molecule has 128 valence electrons. The minimum atomic E-state index is -4.44. The summed E-state index contributed by atoms with van der Waals surface area (Å²) in [7, 11) is -1.54. The summed E-state index contributed by atoms with van der Waals surface area (Å²) < 4.78 is 52.7. The van der Waals surface area contributed by atoms with Crippen molar-refractivity contribution < 1.29 is 17.4 Å². The van der Waals surface area contributed by atoms with E-state index >= 15 is 0 Å². The number of imidazole rings is 2. The monoisotopic (exact) mass is 364 g/mol. The molecule has 0 amide bonds. The van der Waals surface area contributed by atoms with Crippen molar-refractivity contribution in [3.05, 3.63) is 60.0 Å². The number of aromatic nitrogens is 4. The molecule has 1 aromatic carbocycles.